The highest BCUT2D eigenvalue weighted by molar-refractivity contribution is 5.09. The van der Waals surface area contributed by atoms with Crippen molar-refractivity contribution >= 4 is 5.95 Å². The zero-order chi connectivity index (χ0) is 6.97. The van der Waals surface area contributed by atoms with Crippen molar-refractivity contribution in [3.8, 4) is 0 Å². The topological polar surface area (TPSA) is 56.7 Å². The van der Waals surface area contributed by atoms with E-state index in [-0.39, 0.29) is 0 Å². The summed E-state index contributed by atoms with van der Waals surface area (Å²) in [7, 11) is 0. The Morgan fingerprint density at radius 3 is 2.80 bits per heavy atom. The fourth-order valence-electron chi connectivity index (χ4n) is 1.12. The van der Waals surface area contributed by atoms with Gasteiger partial charge in [0.1, 0.15) is 6.33 Å². The summed E-state index contributed by atoms with van der Waals surface area (Å²) in [6, 6.07) is 0.574. The Morgan fingerprint density at radius 1 is 1.60 bits per heavy atom. The average Bonchev–Trinajstić information content (AvgIpc) is 2.10. The van der Waals surface area contributed by atoms with E-state index in [1.807, 2.05) is 4.68 Å². The molecule has 0 amide bonds. The zero-order valence-electron chi connectivity index (χ0n) is 5.70. The van der Waals surface area contributed by atoms with Gasteiger partial charge < -0.3 is 5.73 Å². The van der Waals surface area contributed by atoms with Crippen LogP contribution in [0, 0.1) is 0 Å². The Morgan fingerprint density at radius 2 is 2.40 bits per heavy atom. The first kappa shape index (κ1) is 5.70. The molecule has 0 saturated heterocycles. The molecule has 1 aromatic heterocycles. The summed E-state index contributed by atoms with van der Waals surface area (Å²) in [5.74, 6) is 0.381. The van der Waals surface area contributed by atoms with Gasteiger partial charge in [-0.15, -0.1) is 5.10 Å². The number of nitrogens with zero attached hydrogens (tertiary/aromatic N) is 3. The molecular weight excluding hydrogens is 128 g/mol. The smallest absolute Gasteiger partial charge is 0.239 e. The van der Waals surface area contributed by atoms with Crippen molar-refractivity contribution in [2.75, 3.05) is 5.73 Å². The third-order valence-electron chi connectivity index (χ3n) is 1.98. The van der Waals surface area contributed by atoms with Gasteiger partial charge in [-0.1, -0.05) is 0 Å². The molecule has 54 valence electrons. The van der Waals surface area contributed by atoms with Crippen LogP contribution in [0.1, 0.15) is 25.3 Å². The largest absolute Gasteiger partial charge is 0.367 e. The molecule has 4 nitrogen and oxygen atoms in total. The predicted octanol–water partition coefficient (Wildman–Crippen LogP) is 0.585. The lowest BCUT2D eigenvalue weighted by molar-refractivity contribution is 0.289. The first-order chi connectivity index (χ1) is 4.86. The van der Waals surface area contributed by atoms with Crippen LogP contribution < -0.4 is 5.73 Å². The molecule has 10 heavy (non-hydrogen) atoms. The van der Waals surface area contributed by atoms with Crippen LogP contribution in [-0.2, 0) is 0 Å². The van der Waals surface area contributed by atoms with Crippen molar-refractivity contribution in [1.29, 1.82) is 0 Å². The van der Waals surface area contributed by atoms with Crippen molar-refractivity contribution < 1.29 is 0 Å². The van der Waals surface area contributed by atoms with Gasteiger partial charge in [0.2, 0.25) is 5.95 Å². The van der Waals surface area contributed by atoms with Gasteiger partial charge in [0, 0.05) is 0 Å². The standard InChI is InChI=1S/C6H10N4/c7-6-8-4-10(9-6)5-2-1-3-5/h4-5H,1-3H2,(H2,7,9). The monoisotopic (exact) mass is 138 g/mol. The molecule has 1 heterocycles. The Balaban J connectivity index is 2.17. The second-order valence-electron chi connectivity index (χ2n) is 2.67. The Kier molecular flexibility index (Phi) is 1.12. The minimum Gasteiger partial charge on any atom is -0.367 e. The van der Waals surface area contributed by atoms with Gasteiger partial charge in [-0.05, 0) is 19.3 Å². The molecule has 2 rings (SSSR count). The van der Waals surface area contributed by atoms with Gasteiger partial charge in [-0.3, -0.25) is 0 Å². The number of anilines is 1. The molecule has 0 spiro atoms. The van der Waals surface area contributed by atoms with E-state index in [0.29, 0.717) is 12.0 Å². The van der Waals surface area contributed by atoms with Crippen molar-refractivity contribution in [3.63, 3.8) is 0 Å². The van der Waals surface area contributed by atoms with E-state index in [9.17, 15) is 0 Å². The Labute approximate surface area is 59.1 Å². The van der Waals surface area contributed by atoms with Gasteiger partial charge in [0.25, 0.3) is 0 Å². The molecule has 1 saturated carbocycles. The summed E-state index contributed by atoms with van der Waals surface area (Å²) in [4.78, 5) is 3.85. The maximum Gasteiger partial charge on any atom is 0.239 e. The molecule has 0 atom stereocenters. The van der Waals surface area contributed by atoms with Gasteiger partial charge in [-0.2, -0.15) is 0 Å². The second kappa shape index (κ2) is 1.97. The normalized spacial score (nSPS) is 18.8. The van der Waals surface area contributed by atoms with E-state index < -0.39 is 0 Å². The summed E-state index contributed by atoms with van der Waals surface area (Å²) in [5, 5.41) is 4.02. The average molecular weight is 138 g/mol. The molecule has 0 bridgehead atoms. The van der Waals surface area contributed by atoms with Gasteiger partial charge >= 0.3 is 0 Å². The molecular formula is C6H10N4. The van der Waals surface area contributed by atoms with E-state index in [1.165, 1.54) is 19.3 Å². The van der Waals surface area contributed by atoms with Crippen molar-refractivity contribution in [2.24, 2.45) is 0 Å². The molecule has 0 aliphatic heterocycles. The van der Waals surface area contributed by atoms with Crippen molar-refractivity contribution in [1.82, 2.24) is 14.8 Å². The highest BCUT2D eigenvalue weighted by Crippen LogP contribution is 2.30. The molecule has 0 radical (unpaired) electrons. The fourth-order valence-corrected chi connectivity index (χ4v) is 1.12. The second-order valence-corrected chi connectivity index (χ2v) is 2.67. The summed E-state index contributed by atoms with van der Waals surface area (Å²) in [5.41, 5.74) is 5.35. The van der Waals surface area contributed by atoms with Crippen LogP contribution in [0.3, 0.4) is 0 Å². The third kappa shape index (κ3) is 0.761. The number of hydrogen-bond donors (Lipinski definition) is 1. The van der Waals surface area contributed by atoms with Crippen LogP contribution in [-0.4, -0.2) is 14.8 Å². The fraction of sp³-hybridized carbons (Fsp3) is 0.667. The molecule has 2 N–H and O–H groups in total. The minimum atomic E-state index is 0.381. The lowest BCUT2D eigenvalue weighted by Gasteiger charge is -2.24. The molecule has 4 heteroatoms. The van der Waals surface area contributed by atoms with E-state index in [0.717, 1.165) is 0 Å². The van der Waals surface area contributed by atoms with E-state index >= 15 is 0 Å². The summed E-state index contributed by atoms with van der Waals surface area (Å²) in [6.45, 7) is 0. The lowest BCUT2D eigenvalue weighted by Crippen LogP contribution is -2.17. The van der Waals surface area contributed by atoms with Crippen LogP contribution in [0.2, 0.25) is 0 Å². The summed E-state index contributed by atoms with van der Waals surface area (Å²) in [6.07, 6.45) is 5.47. The van der Waals surface area contributed by atoms with Crippen LogP contribution in [0.4, 0.5) is 5.95 Å². The first-order valence-electron chi connectivity index (χ1n) is 3.53. The Hall–Kier alpha value is -1.06. The van der Waals surface area contributed by atoms with E-state index in [1.54, 1.807) is 6.33 Å². The highest BCUT2D eigenvalue weighted by atomic mass is 15.4. The van der Waals surface area contributed by atoms with Crippen LogP contribution >= 0.6 is 0 Å². The Bertz CT molecular complexity index is 225. The molecule has 0 unspecified atom stereocenters. The van der Waals surface area contributed by atoms with E-state index in [4.69, 9.17) is 5.73 Å². The number of rotatable bonds is 1. The lowest BCUT2D eigenvalue weighted by atomic mass is 9.94. The van der Waals surface area contributed by atoms with Gasteiger partial charge in [0.05, 0.1) is 6.04 Å². The first-order valence-corrected chi connectivity index (χ1v) is 3.53. The number of nitrogen functional groups attached to an aromatic ring is 1. The number of aromatic nitrogens is 3. The van der Waals surface area contributed by atoms with Gasteiger partial charge in [0.15, 0.2) is 0 Å². The molecule has 1 fully saturated rings. The number of hydrogen-bond acceptors (Lipinski definition) is 3. The maximum absolute atomic E-state index is 5.35. The minimum absolute atomic E-state index is 0.381. The SMILES string of the molecule is Nc1ncn(C2CCC2)n1. The number of nitrogens with two attached hydrogens (primary N) is 1. The zero-order valence-corrected chi connectivity index (χ0v) is 5.70. The highest BCUT2D eigenvalue weighted by Gasteiger charge is 2.19. The molecule has 1 aliphatic rings. The predicted molar refractivity (Wildman–Crippen MR) is 37.3 cm³/mol. The summed E-state index contributed by atoms with van der Waals surface area (Å²) < 4.78 is 1.86. The van der Waals surface area contributed by atoms with Crippen LogP contribution in [0.15, 0.2) is 6.33 Å². The van der Waals surface area contributed by atoms with E-state index in [2.05, 4.69) is 10.1 Å². The molecule has 1 aromatic rings. The van der Waals surface area contributed by atoms with Crippen LogP contribution in [0.25, 0.3) is 0 Å². The quantitative estimate of drug-likeness (QED) is 0.617. The van der Waals surface area contributed by atoms with Crippen molar-refractivity contribution in [2.45, 2.75) is 25.3 Å². The maximum atomic E-state index is 5.35. The van der Waals surface area contributed by atoms with Crippen molar-refractivity contribution in [3.05, 3.63) is 6.33 Å². The van der Waals surface area contributed by atoms with Crippen LogP contribution in [0.5, 0.6) is 0 Å². The van der Waals surface area contributed by atoms with Gasteiger partial charge in [-0.25, -0.2) is 9.67 Å². The molecule has 1 aliphatic carbocycles. The summed E-state index contributed by atoms with van der Waals surface area (Å²) >= 11 is 0. The molecule has 0 aromatic carbocycles. The third-order valence-corrected chi connectivity index (χ3v) is 1.98.